The molecule has 3 fully saturated rings. The topological polar surface area (TPSA) is 80.6 Å². The molecule has 3 heterocycles. The third-order valence-electron chi connectivity index (χ3n) is 5.84. The van der Waals surface area contributed by atoms with Crippen molar-refractivity contribution < 1.29 is 13.9 Å². The van der Waals surface area contributed by atoms with Crippen molar-refractivity contribution in [2.75, 3.05) is 11.9 Å². The number of hydrogen-bond acceptors (Lipinski definition) is 4. The number of hydrogen-bond donors (Lipinski definition) is 2. The first-order valence-electron chi connectivity index (χ1n) is 8.37. The van der Waals surface area contributed by atoms with Gasteiger partial charge in [0.25, 0.3) is 5.95 Å². The Balaban J connectivity index is 1.30. The van der Waals surface area contributed by atoms with Crippen LogP contribution in [0.3, 0.4) is 0 Å². The molecule has 0 radical (unpaired) electrons. The van der Waals surface area contributed by atoms with E-state index in [-0.39, 0.29) is 23.4 Å². The molecule has 3 atom stereocenters. The van der Waals surface area contributed by atoms with E-state index < -0.39 is 5.82 Å². The van der Waals surface area contributed by atoms with Crippen molar-refractivity contribution in [3.05, 3.63) is 24.1 Å². The monoisotopic (exact) mass is 331 g/mol. The standard InChI is InChI=1S/C16H18FN5O2/c17-9-2-3-11-18-14(21-22(11)8-9)20-15(23)19-12-10-4-7-24-13(10)16(12)5-1-6-16/h2-3,8,10,12-13H,1,4-7H2,(H2,19,20,21,23). The lowest BCUT2D eigenvalue weighted by Gasteiger charge is -2.63. The van der Waals surface area contributed by atoms with Crippen molar-refractivity contribution in [2.45, 2.75) is 37.8 Å². The highest BCUT2D eigenvalue weighted by Gasteiger charge is 2.67. The smallest absolute Gasteiger partial charge is 0.321 e. The van der Waals surface area contributed by atoms with Gasteiger partial charge >= 0.3 is 6.03 Å². The normalized spacial score (nSPS) is 29.8. The number of carbonyl (C=O) groups is 1. The summed E-state index contributed by atoms with van der Waals surface area (Å²) in [6, 6.07) is 2.67. The van der Waals surface area contributed by atoms with Gasteiger partial charge in [0.2, 0.25) is 0 Å². The molecule has 3 unspecified atom stereocenters. The lowest BCUT2D eigenvalue weighted by atomic mass is 9.46. The largest absolute Gasteiger partial charge is 0.377 e. The highest BCUT2D eigenvalue weighted by atomic mass is 19.1. The molecule has 2 saturated carbocycles. The number of anilines is 1. The minimum Gasteiger partial charge on any atom is -0.377 e. The van der Waals surface area contributed by atoms with Crippen LogP contribution in [0.4, 0.5) is 15.1 Å². The fourth-order valence-electron chi connectivity index (χ4n) is 4.65. The number of pyridine rings is 1. The van der Waals surface area contributed by atoms with E-state index in [2.05, 4.69) is 20.7 Å². The highest BCUT2D eigenvalue weighted by molar-refractivity contribution is 5.88. The second-order valence-electron chi connectivity index (χ2n) is 6.99. The minimum atomic E-state index is -0.405. The molecule has 3 aliphatic rings. The average molecular weight is 331 g/mol. The molecule has 126 valence electrons. The molecule has 5 rings (SSSR count). The zero-order chi connectivity index (χ0) is 16.3. The summed E-state index contributed by atoms with van der Waals surface area (Å²) in [5, 5.41) is 9.82. The van der Waals surface area contributed by atoms with Gasteiger partial charge in [0.05, 0.1) is 12.3 Å². The number of halogens is 1. The number of amides is 2. The predicted octanol–water partition coefficient (Wildman–Crippen LogP) is 1.95. The number of ether oxygens (including phenoxy) is 1. The van der Waals surface area contributed by atoms with Crippen LogP contribution in [0.2, 0.25) is 0 Å². The van der Waals surface area contributed by atoms with Crippen LogP contribution in [-0.2, 0) is 4.74 Å². The van der Waals surface area contributed by atoms with Gasteiger partial charge in [-0.1, -0.05) is 6.42 Å². The molecular formula is C16H18FN5O2. The Hall–Kier alpha value is -2.22. The third-order valence-corrected chi connectivity index (χ3v) is 5.84. The quantitative estimate of drug-likeness (QED) is 0.881. The Morgan fingerprint density at radius 3 is 3.08 bits per heavy atom. The van der Waals surface area contributed by atoms with Gasteiger partial charge in [-0.25, -0.2) is 13.7 Å². The fourth-order valence-corrected chi connectivity index (χ4v) is 4.65. The maximum absolute atomic E-state index is 13.2. The number of carbonyl (C=O) groups excluding carboxylic acids is 1. The van der Waals surface area contributed by atoms with Gasteiger partial charge in [-0.05, 0) is 31.4 Å². The lowest BCUT2D eigenvalue weighted by molar-refractivity contribution is -0.171. The van der Waals surface area contributed by atoms with Crippen LogP contribution < -0.4 is 10.6 Å². The van der Waals surface area contributed by atoms with Crippen molar-refractivity contribution in [2.24, 2.45) is 11.3 Å². The Labute approximate surface area is 137 Å². The zero-order valence-corrected chi connectivity index (χ0v) is 13.0. The number of urea groups is 1. The summed E-state index contributed by atoms with van der Waals surface area (Å²) in [5.74, 6) is 0.176. The summed E-state index contributed by atoms with van der Waals surface area (Å²) in [4.78, 5) is 16.5. The molecule has 2 aromatic rings. The van der Waals surface area contributed by atoms with Crippen LogP contribution in [-0.4, -0.2) is 39.4 Å². The van der Waals surface area contributed by atoms with E-state index >= 15 is 0 Å². The average Bonchev–Trinajstić information content (AvgIpc) is 3.07. The van der Waals surface area contributed by atoms with E-state index in [9.17, 15) is 9.18 Å². The summed E-state index contributed by atoms with van der Waals surface area (Å²) in [5.41, 5.74) is 0.614. The second kappa shape index (κ2) is 4.89. The van der Waals surface area contributed by atoms with Crippen LogP contribution in [0.25, 0.3) is 5.65 Å². The Kier molecular flexibility index (Phi) is 2.88. The molecular weight excluding hydrogens is 313 g/mol. The van der Waals surface area contributed by atoms with Crippen LogP contribution in [0, 0.1) is 17.2 Å². The number of fused-ring (bicyclic) bond motifs is 3. The Bertz CT molecular complexity index is 818. The molecule has 24 heavy (non-hydrogen) atoms. The molecule has 0 aromatic carbocycles. The van der Waals surface area contributed by atoms with Crippen molar-refractivity contribution in [3.8, 4) is 0 Å². The van der Waals surface area contributed by atoms with Crippen LogP contribution in [0.15, 0.2) is 18.3 Å². The minimum absolute atomic E-state index is 0.133. The van der Waals surface area contributed by atoms with Crippen LogP contribution in [0.1, 0.15) is 25.7 Å². The predicted molar refractivity (Wildman–Crippen MR) is 83.0 cm³/mol. The first kappa shape index (κ1) is 14.2. The maximum atomic E-state index is 13.2. The molecule has 8 heteroatoms. The van der Waals surface area contributed by atoms with Gasteiger partial charge in [-0.3, -0.25) is 5.32 Å². The van der Waals surface area contributed by atoms with E-state index in [1.54, 1.807) is 0 Å². The van der Waals surface area contributed by atoms with Gasteiger partial charge < -0.3 is 10.1 Å². The van der Waals surface area contributed by atoms with Gasteiger partial charge in [0.15, 0.2) is 5.65 Å². The van der Waals surface area contributed by atoms with E-state index in [0.29, 0.717) is 17.7 Å². The van der Waals surface area contributed by atoms with E-state index in [1.165, 1.54) is 29.3 Å². The van der Waals surface area contributed by atoms with Gasteiger partial charge in [0.1, 0.15) is 5.82 Å². The molecule has 7 nitrogen and oxygen atoms in total. The van der Waals surface area contributed by atoms with Crippen molar-refractivity contribution in [1.82, 2.24) is 19.9 Å². The summed E-state index contributed by atoms with van der Waals surface area (Å²) in [6.07, 6.45) is 5.97. The Morgan fingerprint density at radius 1 is 1.42 bits per heavy atom. The van der Waals surface area contributed by atoms with Crippen molar-refractivity contribution in [1.29, 1.82) is 0 Å². The van der Waals surface area contributed by atoms with Crippen LogP contribution in [0.5, 0.6) is 0 Å². The maximum Gasteiger partial charge on any atom is 0.321 e. The fraction of sp³-hybridized carbons (Fsp3) is 0.562. The second-order valence-corrected chi connectivity index (χ2v) is 6.99. The number of aromatic nitrogens is 3. The number of nitrogens with zero attached hydrogens (tertiary/aromatic N) is 3. The first-order chi connectivity index (χ1) is 11.7. The lowest BCUT2D eigenvalue weighted by Crippen LogP contribution is -2.72. The zero-order valence-electron chi connectivity index (χ0n) is 13.0. The summed E-state index contributed by atoms with van der Waals surface area (Å²) in [7, 11) is 0. The number of rotatable bonds is 2. The molecule has 2 N–H and O–H groups in total. The van der Waals surface area contributed by atoms with Gasteiger partial charge in [-0.15, -0.1) is 5.10 Å². The highest BCUT2D eigenvalue weighted by Crippen LogP contribution is 2.62. The van der Waals surface area contributed by atoms with Gasteiger partial charge in [0, 0.05) is 24.0 Å². The third kappa shape index (κ3) is 1.89. The molecule has 1 spiro atoms. The number of nitrogens with one attached hydrogen (secondary N) is 2. The van der Waals surface area contributed by atoms with E-state index in [4.69, 9.17) is 4.74 Å². The Morgan fingerprint density at radius 2 is 2.29 bits per heavy atom. The molecule has 1 aliphatic heterocycles. The molecule has 2 aliphatic carbocycles. The van der Waals surface area contributed by atoms with Crippen LogP contribution >= 0.6 is 0 Å². The molecule has 2 amide bonds. The summed E-state index contributed by atoms with van der Waals surface area (Å²) in [6.45, 7) is 0.788. The summed E-state index contributed by atoms with van der Waals surface area (Å²) >= 11 is 0. The SMILES string of the molecule is O=C(Nc1nc2ccc(F)cn2n1)NC1C2CCOC2C12CCC2. The first-order valence-corrected chi connectivity index (χ1v) is 8.37. The summed E-state index contributed by atoms with van der Waals surface area (Å²) < 4.78 is 20.4. The van der Waals surface area contributed by atoms with Gasteiger partial charge in [-0.2, -0.15) is 4.98 Å². The van der Waals surface area contributed by atoms with E-state index in [1.807, 2.05) is 0 Å². The molecule has 2 aromatic heterocycles. The molecule has 0 bridgehead atoms. The van der Waals surface area contributed by atoms with Crippen molar-refractivity contribution in [3.63, 3.8) is 0 Å². The molecule has 1 saturated heterocycles. The van der Waals surface area contributed by atoms with Crippen molar-refractivity contribution >= 4 is 17.6 Å². The van der Waals surface area contributed by atoms with E-state index in [0.717, 1.165) is 25.9 Å².